The lowest BCUT2D eigenvalue weighted by Gasteiger charge is -2.47. The highest BCUT2D eigenvalue weighted by Gasteiger charge is 2.56. The van der Waals surface area contributed by atoms with Crippen molar-refractivity contribution < 1.29 is 19.4 Å². The molecule has 32 heavy (non-hydrogen) atoms. The Morgan fingerprint density at radius 3 is 2.25 bits per heavy atom. The summed E-state index contributed by atoms with van der Waals surface area (Å²) < 4.78 is 4.75. The van der Waals surface area contributed by atoms with E-state index in [4.69, 9.17) is 4.74 Å². The molecule has 0 unspecified atom stereocenters. The number of thioether (sulfide) groups is 1. The van der Waals surface area contributed by atoms with Gasteiger partial charge in [-0.05, 0) is 23.3 Å². The third-order valence-corrected chi connectivity index (χ3v) is 7.37. The van der Waals surface area contributed by atoms with E-state index in [9.17, 15) is 14.7 Å². The van der Waals surface area contributed by atoms with Crippen molar-refractivity contribution in [2.75, 3.05) is 12.0 Å². The largest absolute Gasteiger partial charge is 0.463 e. The molecule has 0 saturated heterocycles. The first kappa shape index (κ1) is 20.5. The summed E-state index contributed by atoms with van der Waals surface area (Å²) in [5, 5.41) is 12.2. The zero-order valence-electron chi connectivity index (χ0n) is 17.3. The number of hydrogen-bond donors (Lipinski definition) is 1. The monoisotopic (exact) mass is 443 g/mol. The average Bonchev–Trinajstić information content (AvgIpc) is 3.26. The number of methoxy groups -OCH3 is 1. The van der Waals surface area contributed by atoms with Crippen molar-refractivity contribution in [3.05, 3.63) is 108 Å². The van der Waals surface area contributed by atoms with Gasteiger partial charge in [0.15, 0.2) is 4.93 Å². The van der Waals surface area contributed by atoms with Crippen molar-refractivity contribution in [2.45, 2.75) is 21.8 Å². The Morgan fingerprint density at radius 1 is 0.938 bits per heavy atom. The number of ether oxygens (including phenoxy) is 1. The number of carbonyl (C=O) groups is 2. The Balaban J connectivity index is 1.76. The van der Waals surface area contributed by atoms with Gasteiger partial charge in [-0.1, -0.05) is 84.6 Å². The second-order valence-electron chi connectivity index (χ2n) is 7.78. The molecular formula is C26H21NO4S. The van der Waals surface area contributed by atoms with Crippen molar-refractivity contribution in [1.29, 1.82) is 0 Å². The van der Waals surface area contributed by atoms with Crippen LogP contribution in [0.5, 0.6) is 0 Å². The van der Waals surface area contributed by atoms with Gasteiger partial charge in [-0.15, -0.1) is 0 Å². The molecule has 2 heterocycles. The summed E-state index contributed by atoms with van der Waals surface area (Å²) >= 11 is 1.37. The number of esters is 1. The summed E-state index contributed by atoms with van der Waals surface area (Å²) in [6, 6.07) is 26.2. The second kappa shape index (κ2) is 7.97. The van der Waals surface area contributed by atoms with Crippen LogP contribution in [0, 0.1) is 0 Å². The van der Waals surface area contributed by atoms with Crippen molar-refractivity contribution >= 4 is 29.2 Å². The number of Topliss-reactive ketones (excluding diaryl/α,β-unsaturated/α-hetero) is 1. The molecule has 0 aliphatic carbocycles. The smallest absolute Gasteiger partial charge is 0.379 e. The molecule has 2 aliphatic rings. The van der Waals surface area contributed by atoms with Gasteiger partial charge in [-0.25, -0.2) is 4.79 Å². The van der Waals surface area contributed by atoms with Crippen LogP contribution >= 0.6 is 11.8 Å². The summed E-state index contributed by atoms with van der Waals surface area (Å²) in [7, 11) is 1.20. The Labute approximate surface area is 190 Å². The molecule has 0 amide bonds. The first-order valence-corrected chi connectivity index (χ1v) is 11.1. The number of benzene rings is 3. The molecule has 6 heteroatoms. The minimum Gasteiger partial charge on any atom is -0.463 e. The van der Waals surface area contributed by atoms with Gasteiger partial charge in [0.2, 0.25) is 0 Å². The van der Waals surface area contributed by atoms with Crippen LogP contribution in [-0.2, 0) is 19.3 Å². The highest BCUT2D eigenvalue weighted by atomic mass is 32.2. The zero-order valence-corrected chi connectivity index (χ0v) is 18.2. The van der Waals surface area contributed by atoms with Crippen LogP contribution in [0.2, 0.25) is 0 Å². The maximum Gasteiger partial charge on any atom is 0.379 e. The Morgan fingerprint density at radius 2 is 1.56 bits per heavy atom. The number of anilines is 1. The number of carbonyl (C=O) groups excluding carboxylic acids is 2. The summed E-state index contributed by atoms with van der Waals surface area (Å²) in [5.74, 6) is -2.15. The molecule has 2 aliphatic heterocycles. The fraction of sp³-hybridized carbons (Fsp3) is 0.154. The fourth-order valence-corrected chi connectivity index (χ4v) is 5.98. The normalized spacial score (nSPS) is 23.7. The third kappa shape index (κ3) is 3.15. The minimum atomic E-state index is -1.37. The zero-order chi connectivity index (χ0) is 22.3. The Bertz CT molecular complexity index is 1210. The van der Waals surface area contributed by atoms with Gasteiger partial charge in [-0.3, -0.25) is 4.79 Å². The predicted molar refractivity (Wildman–Crippen MR) is 123 cm³/mol. The van der Waals surface area contributed by atoms with Crippen LogP contribution in [-0.4, -0.2) is 30.0 Å². The minimum absolute atomic E-state index is 0.305. The average molecular weight is 444 g/mol. The highest BCUT2D eigenvalue weighted by molar-refractivity contribution is 8.00. The van der Waals surface area contributed by atoms with E-state index in [1.54, 1.807) is 6.20 Å². The second-order valence-corrected chi connectivity index (χ2v) is 9.04. The van der Waals surface area contributed by atoms with E-state index in [-0.39, 0.29) is 0 Å². The van der Waals surface area contributed by atoms with Gasteiger partial charge in [0, 0.05) is 22.6 Å². The van der Waals surface area contributed by atoms with E-state index in [0.29, 0.717) is 5.57 Å². The van der Waals surface area contributed by atoms with Crippen LogP contribution in [0.4, 0.5) is 5.69 Å². The SMILES string of the molecule is COC(=O)C(=O)C1=CN2c3ccccc3S[C@](O)(c3ccccc3)[C@H]2[C@@H]1c1ccccc1. The number of fused-ring (bicyclic) bond motifs is 3. The van der Waals surface area contributed by atoms with Crippen molar-refractivity contribution in [3.8, 4) is 0 Å². The molecule has 5 nitrogen and oxygen atoms in total. The number of aliphatic hydroxyl groups is 1. The lowest BCUT2D eigenvalue weighted by atomic mass is 9.81. The number of hydrogen-bond acceptors (Lipinski definition) is 6. The van der Waals surface area contributed by atoms with Gasteiger partial charge in [0.1, 0.15) is 0 Å². The van der Waals surface area contributed by atoms with E-state index in [1.807, 2.05) is 89.8 Å². The molecule has 3 aromatic carbocycles. The standard InChI is InChI=1S/C26H21NO4S/c1-31-25(29)23(28)19-16-27-20-14-8-9-15-21(20)32-26(30,18-12-6-3-7-13-18)24(27)22(19)17-10-4-2-5-11-17/h2-16,22,24,30H,1H3/t22-,24-,26-/m1/s1. The molecule has 0 aromatic heterocycles. The first-order chi connectivity index (χ1) is 15.5. The summed E-state index contributed by atoms with van der Waals surface area (Å²) in [4.78, 5) is 26.8. The van der Waals surface area contributed by atoms with Crippen molar-refractivity contribution in [1.82, 2.24) is 0 Å². The van der Waals surface area contributed by atoms with Gasteiger partial charge in [-0.2, -0.15) is 0 Å². The highest BCUT2D eigenvalue weighted by Crippen LogP contribution is 2.59. The molecule has 0 spiro atoms. The maximum absolute atomic E-state index is 13.1. The Hall–Kier alpha value is -3.35. The molecule has 0 bridgehead atoms. The molecule has 0 radical (unpaired) electrons. The van der Waals surface area contributed by atoms with E-state index >= 15 is 0 Å². The van der Waals surface area contributed by atoms with E-state index in [0.717, 1.165) is 21.7 Å². The summed E-state index contributed by atoms with van der Waals surface area (Å²) in [6.07, 6.45) is 1.70. The number of nitrogens with zero attached hydrogens (tertiary/aromatic N) is 1. The van der Waals surface area contributed by atoms with Gasteiger partial charge in [0.05, 0.1) is 18.8 Å². The molecular weight excluding hydrogens is 422 g/mol. The number of rotatable bonds is 4. The number of ketones is 1. The maximum atomic E-state index is 13.1. The summed E-state index contributed by atoms with van der Waals surface area (Å²) in [6.45, 7) is 0. The molecule has 0 saturated carbocycles. The van der Waals surface area contributed by atoms with E-state index in [2.05, 4.69) is 0 Å². The van der Waals surface area contributed by atoms with Crippen LogP contribution in [0.1, 0.15) is 17.0 Å². The first-order valence-electron chi connectivity index (χ1n) is 10.3. The molecule has 0 fully saturated rings. The number of para-hydroxylation sites is 1. The van der Waals surface area contributed by atoms with E-state index < -0.39 is 28.6 Å². The Kier molecular flexibility index (Phi) is 5.12. The van der Waals surface area contributed by atoms with Crippen LogP contribution in [0.3, 0.4) is 0 Å². The quantitative estimate of drug-likeness (QED) is 0.481. The van der Waals surface area contributed by atoms with Crippen LogP contribution in [0.15, 0.2) is 102 Å². The van der Waals surface area contributed by atoms with Crippen molar-refractivity contribution in [3.63, 3.8) is 0 Å². The molecule has 3 aromatic rings. The molecule has 160 valence electrons. The topological polar surface area (TPSA) is 66.8 Å². The molecule has 1 N–H and O–H groups in total. The summed E-state index contributed by atoms with van der Waals surface area (Å²) in [5.41, 5.74) is 2.77. The fourth-order valence-electron chi connectivity index (χ4n) is 4.60. The molecule has 3 atom stereocenters. The molecule has 5 rings (SSSR count). The van der Waals surface area contributed by atoms with Gasteiger partial charge < -0.3 is 14.7 Å². The van der Waals surface area contributed by atoms with Gasteiger partial charge >= 0.3 is 5.97 Å². The third-order valence-electron chi connectivity index (χ3n) is 6.02. The van der Waals surface area contributed by atoms with Gasteiger partial charge in [0.25, 0.3) is 5.78 Å². The van der Waals surface area contributed by atoms with Crippen LogP contribution in [0.25, 0.3) is 0 Å². The van der Waals surface area contributed by atoms with E-state index in [1.165, 1.54) is 18.9 Å². The predicted octanol–water partition coefficient (Wildman–Crippen LogP) is 4.24. The van der Waals surface area contributed by atoms with Crippen molar-refractivity contribution in [2.24, 2.45) is 0 Å². The van der Waals surface area contributed by atoms with Crippen LogP contribution < -0.4 is 4.90 Å². The lowest BCUT2D eigenvalue weighted by Crippen LogP contribution is -2.50. The lowest BCUT2D eigenvalue weighted by molar-refractivity contribution is -0.150.